The summed E-state index contributed by atoms with van der Waals surface area (Å²) in [5, 5.41) is 13.3. The number of imidazole rings is 1. The first-order valence-electron chi connectivity index (χ1n) is 8.44. The fourth-order valence-electron chi connectivity index (χ4n) is 3.23. The number of hydrogen-bond donors (Lipinski definition) is 2. The van der Waals surface area contributed by atoms with Gasteiger partial charge in [-0.05, 0) is 36.6 Å². The third-order valence-corrected chi connectivity index (χ3v) is 4.50. The van der Waals surface area contributed by atoms with Crippen molar-refractivity contribution in [2.75, 3.05) is 32.5 Å². The molecule has 0 bridgehead atoms. The molecule has 2 heterocycles. The molecule has 2 N–H and O–H groups in total. The zero-order valence-corrected chi connectivity index (χ0v) is 14.8. The van der Waals surface area contributed by atoms with Gasteiger partial charge in [0.05, 0.1) is 43.8 Å². The summed E-state index contributed by atoms with van der Waals surface area (Å²) in [7, 11) is 4.29. The van der Waals surface area contributed by atoms with Crippen LogP contribution in [-0.2, 0) is 6.42 Å². The van der Waals surface area contributed by atoms with E-state index in [1.54, 1.807) is 0 Å². The van der Waals surface area contributed by atoms with Crippen LogP contribution in [0.25, 0.3) is 16.7 Å². The average molecular weight is 322 g/mol. The van der Waals surface area contributed by atoms with E-state index in [0.29, 0.717) is 5.56 Å². The Morgan fingerprint density at radius 2 is 2.04 bits per heavy atom. The molecule has 2 aromatic heterocycles. The summed E-state index contributed by atoms with van der Waals surface area (Å²) in [4.78, 5) is 6.12. The number of anilines is 1. The molecule has 0 fully saturated rings. The lowest BCUT2D eigenvalue weighted by Crippen LogP contribution is -3.06. The Kier molecular flexibility index (Phi) is 4.41. The summed E-state index contributed by atoms with van der Waals surface area (Å²) >= 11 is 0. The number of nitrogens with zero attached hydrogens (tertiary/aromatic N) is 3. The first-order chi connectivity index (χ1) is 11.6. The number of hydrogen-bond acceptors (Lipinski definition) is 3. The fraction of sp³-hybridized carbons (Fsp3) is 0.368. The molecule has 0 aliphatic rings. The van der Waals surface area contributed by atoms with Gasteiger partial charge in [-0.1, -0.05) is 19.1 Å². The second-order valence-electron chi connectivity index (χ2n) is 6.44. The van der Waals surface area contributed by atoms with Gasteiger partial charge in [-0.3, -0.25) is 4.40 Å². The van der Waals surface area contributed by atoms with E-state index in [4.69, 9.17) is 4.98 Å². The van der Waals surface area contributed by atoms with E-state index in [2.05, 4.69) is 42.9 Å². The zero-order valence-electron chi connectivity index (χ0n) is 14.8. The van der Waals surface area contributed by atoms with Gasteiger partial charge in [-0.25, -0.2) is 4.98 Å². The topological polar surface area (TPSA) is 57.6 Å². The minimum absolute atomic E-state index is 0.673. The van der Waals surface area contributed by atoms with Gasteiger partial charge < -0.3 is 10.2 Å². The smallest absolute Gasteiger partial charge is 0.157 e. The monoisotopic (exact) mass is 322 g/mol. The van der Waals surface area contributed by atoms with Gasteiger partial charge in [-0.15, -0.1) is 0 Å². The quantitative estimate of drug-likeness (QED) is 0.753. The van der Waals surface area contributed by atoms with Crippen molar-refractivity contribution in [3.8, 4) is 6.07 Å². The van der Waals surface area contributed by atoms with E-state index < -0.39 is 0 Å². The minimum atomic E-state index is 0.673. The van der Waals surface area contributed by atoms with Gasteiger partial charge in [-0.2, -0.15) is 5.26 Å². The van der Waals surface area contributed by atoms with Crippen LogP contribution in [0.3, 0.4) is 0 Å². The first-order valence-corrected chi connectivity index (χ1v) is 8.44. The minimum Gasteiger partial charge on any atom is -0.365 e. The number of likely N-dealkylation sites (N-methyl/N-ethyl adjacent to an activating group) is 1. The molecule has 5 heteroatoms. The number of quaternary nitrogens is 1. The van der Waals surface area contributed by atoms with Gasteiger partial charge in [0.2, 0.25) is 0 Å². The van der Waals surface area contributed by atoms with Gasteiger partial charge in [0.15, 0.2) is 5.65 Å². The standard InChI is InChI=1S/C19H23N5/c1-5-14-13(2)15(12-20)19-22-16-8-6-7-9-17(16)24(19)18(14)21-10-11-23(3)4/h6-9,21H,5,10-11H2,1-4H3/p+1. The van der Waals surface area contributed by atoms with Crippen molar-refractivity contribution in [3.63, 3.8) is 0 Å². The average Bonchev–Trinajstić information content (AvgIpc) is 2.93. The fourth-order valence-corrected chi connectivity index (χ4v) is 3.23. The number of rotatable bonds is 5. The number of pyridine rings is 1. The molecule has 0 atom stereocenters. The van der Waals surface area contributed by atoms with Crippen molar-refractivity contribution < 1.29 is 4.90 Å². The summed E-state index contributed by atoms with van der Waals surface area (Å²) in [6.45, 7) is 6.06. The molecular formula is C19H24N5+. The van der Waals surface area contributed by atoms with E-state index in [1.807, 2.05) is 25.1 Å². The van der Waals surface area contributed by atoms with Gasteiger partial charge in [0.25, 0.3) is 0 Å². The molecule has 0 aliphatic carbocycles. The first kappa shape index (κ1) is 16.3. The summed E-state index contributed by atoms with van der Waals surface area (Å²) < 4.78 is 2.12. The normalized spacial score (nSPS) is 11.3. The summed E-state index contributed by atoms with van der Waals surface area (Å²) in [5.41, 5.74) is 5.60. The maximum Gasteiger partial charge on any atom is 0.157 e. The Labute approximate surface area is 142 Å². The number of fused-ring (bicyclic) bond motifs is 3. The zero-order chi connectivity index (χ0) is 17.3. The summed E-state index contributed by atoms with van der Waals surface area (Å²) in [6.07, 6.45) is 0.875. The maximum atomic E-state index is 9.67. The second-order valence-corrected chi connectivity index (χ2v) is 6.44. The molecule has 0 aliphatic heterocycles. The van der Waals surface area contributed by atoms with Crippen molar-refractivity contribution >= 4 is 22.5 Å². The maximum absolute atomic E-state index is 9.67. The van der Waals surface area contributed by atoms with Crippen molar-refractivity contribution in [1.29, 1.82) is 5.26 Å². The highest BCUT2D eigenvalue weighted by Crippen LogP contribution is 2.31. The molecule has 3 rings (SSSR count). The molecular weight excluding hydrogens is 298 g/mol. The van der Waals surface area contributed by atoms with Crippen molar-refractivity contribution in [2.45, 2.75) is 20.3 Å². The Bertz CT molecular complexity index is 930. The van der Waals surface area contributed by atoms with Crippen molar-refractivity contribution in [3.05, 3.63) is 41.0 Å². The van der Waals surface area contributed by atoms with E-state index in [1.165, 1.54) is 10.5 Å². The lowest BCUT2D eigenvalue weighted by Gasteiger charge is -2.18. The number of para-hydroxylation sites is 2. The third-order valence-electron chi connectivity index (χ3n) is 4.50. The van der Waals surface area contributed by atoms with E-state index in [9.17, 15) is 5.26 Å². The molecule has 0 saturated heterocycles. The van der Waals surface area contributed by atoms with Crippen LogP contribution < -0.4 is 10.2 Å². The predicted octanol–water partition coefficient (Wildman–Crippen LogP) is 1.79. The van der Waals surface area contributed by atoms with Crippen LogP contribution in [0.1, 0.15) is 23.6 Å². The molecule has 0 spiro atoms. The van der Waals surface area contributed by atoms with Crippen LogP contribution in [0.15, 0.2) is 24.3 Å². The number of nitriles is 1. The molecule has 0 radical (unpaired) electrons. The molecule has 0 unspecified atom stereocenters. The van der Waals surface area contributed by atoms with Crippen molar-refractivity contribution in [1.82, 2.24) is 9.38 Å². The highest BCUT2D eigenvalue weighted by Gasteiger charge is 2.19. The lowest BCUT2D eigenvalue weighted by atomic mass is 10.0. The Morgan fingerprint density at radius 3 is 2.71 bits per heavy atom. The predicted molar refractivity (Wildman–Crippen MR) is 97.7 cm³/mol. The highest BCUT2D eigenvalue weighted by atomic mass is 15.1. The molecule has 0 saturated carbocycles. The second kappa shape index (κ2) is 6.50. The van der Waals surface area contributed by atoms with Crippen LogP contribution in [-0.4, -0.2) is 36.6 Å². The number of nitrogens with one attached hydrogen (secondary N) is 2. The highest BCUT2D eigenvalue weighted by molar-refractivity contribution is 5.86. The number of aromatic nitrogens is 2. The van der Waals surface area contributed by atoms with Gasteiger partial charge in [0.1, 0.15) is 11.9 Å². The van der Waals surface area contributed by atoms with Crippen LogP contribution in [0, 0.1) is 18.3 Å². The number of benzene rings is 1. The SMILES string of the molecule is CCc1c(C)c(C#N)c2nc3ccccc3n2c1NCC[NH+](C)C. The Hall–Kier alpha value is -2.58. The van der Waals surface area contributed by atoms with Crippen LogP contribution in [0.5, 0.6) is 0 Å². The molecule has 3 aromatic rings. The van der Waals surface area contributed by atoms with E-state index in [-0.39, 0.29) is 0 Å². The van der Waals surface area contributed by atoms with Crippen LogP contribution >= 0.6 is 0 Å². The Balaban J connectivity index is 2.32. The molecule has 5 nitrogen and oxygen atoms in total. The molecule has 124 valence electrons. The van der Waals surface area contributed by atoms with Gasteiger partial charge in [0, 0.05) is 0 Å². The largest absolute Gasteiger partial charge is 0.365 e. The molecule has 0 amide bonds. The third kappa shape index (κ3) is 2.59. The summed E-state index contributed by atoms with van der Waals surface area (Å²) in [5.74, 6) is 1.07. The van der Waals surface area contributed by atoms with E-state index in [0.717, 1.165) is 47.6 Å². The van der Waals surface area contributed by atoms with Crippen molar-refractivity contribution in [2.24, 2.45) is 0 Å². The lowest BCUT2D eigenvalue weighted by molar-refractivity contribution is -0.856. The molecule has 1 aromatic carbocycles. The Morgan fingerprint density at radius 1 is 1.29 bits per heavy atom. The van der Waals surface area contributed by atoms with E-state index >= 15 is 0 Å². The van der Waals surface area contributed by atoms with Gasteiger partial charge >= 0.3 is 0 Å². The summed E-state index contributed by atoms with van der Waals surface area (Å²) in [6, 6.07) is 10.4. The van der Waals surface area contributed by atoms with Crippen LogP contribution in [0.2, 0.25) is 0 Å². The molecule has 24 heavy (non-hydrogen) atoms. The van der Waals surface area contributed by atoms with Crippen LogP contribution in [0.4, 0.5) is 5.82 Å².